The number of nitrogens with zero attached hydrogens (tertiary/aromatic N) is 3. The van der Waals surface area contributed by atoms with Gasteiger partial charge in [0.2, 0.25) is 5.91 Å². The van der Waals surface area contributed by atoms with E-state index in [4.69, 9.17) is 9.47 Å². The molecule has 0 unspecified atom stereocenters. The summed E-state index contributed by atoms with van der Waals surface area (Å²) in [6.07, 6.45) is 2.91. The van der Waals surface area contributed by atoms with E-state index in [9.17, 15) is 9.59 Å². The van der Waals surface area contributed by atoms with Crippen molar-refractivity contribution < 1.29 is 19.1 Å². The molecule has 0 spiro atoms. The molecule has 2 aromatic rings. The zero-order valence-corrected chi connectivity index (χ0v) is 16.7. The third-order valence-corrected chi connectivity index (χ3v) is 5.47. The molecule has 1 aromatic heterocycles. The fourth-order valence-corrected chi connectivity index (χ4v) is 3.79. The largest absolute Gasteiger partial charge is 0.497 e. The maximum absolute atomic E-state index is 13.0. The second kappa shape index (κ2) is 8.24. The van der Waals surface area contributed by atoms with E-state index in [2.05, 4.69) is 10.4 Å². The van der Waals surface area contributed by atoms with E-state index in [-0.39, 0.29) is 24.5 Å². The average molecular weight is 398 g/mol. The summed E-state index contributed by atoms with van der Waals surface area (Å²) in [7, 11) is 1.61. The molecule has 0 bridgehead atoms. The lowest BCUT2D eigenvalue weighted by atomic mass is 9.96. The average Bonchev–Trinajstić information content (AvgIpc) is 3.49. The standard InChI is InChI=1S/C21H26N4O4/c1-14-9-10-23-24(14)12-11-22-21(27)20-19(15-3-7-17(28-2)8-4-15)25(16-5-6-16)18(26)13-29-20/h3-4,7-10,16,19-20H,5-6,11-13H2,1-2H3,(H,22,27)/t19-,20+/m1/s1. The first-order valence-electron chi connectivity index (χ1n) is 9.91. The molecule has 1 saturated carbocycles. The molecule has 29 heavy (non-hydrogen) atoms. The zero-order chi connectivity index (χ0) is 20.4. The van der Waals surface area contributed by atoms with Crippen LogP contribution in [0.4, 0.5) is 0 Å². The van der Waals surface area contributed by atoms with Crippen LogP contribution in [0.2, 0.25) is 0 Å². The van der Waals surface area contributed by atoms with Crippen molar-refractivity contribution in [3.8, 4) is 5.75 Å². The predicted octanol–water partition coefficient (Wildman–Crippen LogP) is 1.45. The first kappa shape index (κ1) is 19.4. The summed E-state index contributed by atoms with van der Waals surface area (Å²) >= 11 is 0. The van der Waals surface area contributed by atoms with Crippen molar-refractivity contribution in [2.75, 3.05) is 20.3 Å². The summed E-state index contributed by atoms with van der Waals surface area (Å²) in [6, 6.07) is 9.14. The Morgan fingerprint density at radius 3 is 2.66 bits per heavy atom. The number of ether oxygens (including phenoxy) is 2. The van der Waals surface area contributed by atoms with Crippen molar-refractivity contribution in [1.29, 1.82) is 0 Å². The Morgan fingerprint density at radius 2 is 2.03 bits per heavy atom. The van der Waals surface area contributed by atoms with Crippen molar-refractivity contribution in [2.24, 2.45) is 0 Å². The minimum atomic E-state index is -0.750. The predicted molar refractivity (Wildman–Crippen MR) is 105 cm³/mol. The number of carbonyl (C=O) groups excluding carboxylic acids is 2. The molecule has 1 aromatic carbocycles. The van der Waals surface area contributed by atoms with E-state index >= 15 is 0 Å². The van der Waals surface area contributed by atoms with Gasteiger partial charge in [-0.2, -0.15) is 5.10 Å². The maximum atomic E-state index is 13.0. The molecule has 4 rings (SSSR count). The number of benzene rings is 1. The van der Waals surface area contributed by atoms with Crippen LogP contribution >= 0.6 is 0 Å². The first-order valence-corrected chi connectivity index (χ1v) is 9.91. The van der Waals surface area contributed by atoms with Gasteiger partial charge in [-0.25, -0.2) is 0 Å². The lowest BCUT2D eigenvalue weighted by Crippen LogP contribution is -2.55. The monoisotopic (exact) mass is 398 g/mol. The number of rotatable bonds is 7. The van der Waals surface area contributed by atoms with Gasteiger partial charge in [-0.3, -0.25) is 14.3 Å². The minimum Gasteiger partial charge on any atom is -0.497 e. The molecule has 1 aliphatic carbocycles. The number of methoxy groups -OCH3 is 1. The van der Waals surface area contributed by atoms with Gasteiger partial charge < -0.3 is 19.7 Å². The molecule has 1 N–H and O–H groups in total. The Kier molecular flexibility index (Phi) is 5.53. The number of hydrogen-bond donors (Lipinski definition) is 1. The van der Waals surface area contributed by atoms with Crippen LogP contribution in [0, 0.1) is 6.92 Å². The highest BCUT2D eigenvalue weighted by atomic mass is 16.5. The molecule has 2 aliphatic rings. The number of hydrogen-bond acceptors (Lipinski definition) is 5. The second-order valence-electron chi connectivity index (χ2n) is 7.47. The van der Waals surface area contributed by atoms with Gasteiger partial charge in [0.1, 0.15) is 12.4 Å². The Bertz CT molecular complexity index is 875. The smallest absolute Gasteiger partial charge is 0.251 e. The van der Waals surface area contributed by atoms with Gasteiger partial charge in [0, 0.05) is 24.5 Å². The third kappa shape index (κ3) is 4.12. The molecule has 8 nitrogen and oxygen atoms in total. The molecule has 2 amide bonds. The van der Waals surface area contributed by atoms with E-state index < -0.39 is 12.1 Å². The molecule has 1 saturated heterocycles. The third-order valence-electron chi connectivity index (χ3n) is 5.47. The van der Waals surface area contributed by atoms with E-state index in [1.807, 2.05) is 46.8 Å². The van der Waals surface area contributed by atoms with Gasteiger partial charge >= 0.3 is 0 Å². The number of aromatic nitrogens is 2. The van der Waals surface area contributed by atoms with Crippen molar-refractivity contribution in [2.45, 2.75) is 44.5 Å². The van der Waals surface area contributed by atoms with Gasteiger partial charge in [-0.1, -0.05) is 12.1 Å². The van der Waals surface area contributed by atoms with Gasteiger partial charge in [-0.05, 0) is 43.5 Å². The zero-order valence-electron chi connectivity index (χ0n) is 16.7. The number of nitrogens with one attached hydrogen (secondary N) is 1. The molecule has 2 fully saturated rings. The fraction of sp³-hybridized carbons (Fsp3) is 0.476. The summed E-state index contributed by atoms with van der Waals surface area (Å²) < 4.78 is 12.8. The quantitative estimate of drug-likeness (QED) is 0.763. The van der Waals surface area contributed by atoms with Crippen LogP contribution in [-0.4, -0.2) is 58.9 Å². The topological polar surface area (TPSA) is 85.7 Å². The summed E-state index contributed by atoms with van der Waals surface area (Å²) in [5.41, 5.74) is 1.91. The molecular weight excluding hydrogens is 372 g/mol. The SMILES string of the molecule is COc1ccc([C@@H]2[C@@H](C(=O)NCCn3nccc3C)OCC(=O)N2C2CC2)cc1. The Balaban J connectivity index is 1.51. The highest BCUT2D eigenvalue weighted by molar-refractivity contribution is 5.86. The van der Waals surface area contributed by atoms with Crippen LogP contribution in [0.25, 0.3) is 0 Å². The van der Waals surface area contributed by atoms with E-state index in [1.165, 1.54) is 0 Å². The van der Waals surface area contributed by atoms with Crippen molar-refractivity contribution in [3.63, 3.8) is 0 Å². The number of carbonyl (C=O) groups is 2. The number of aryl methyl sites for hydroxylation is 1. The van der Waals surface area contributed by atoms with Crippen LogP contribution in [0.5, 0.6) is 5.75 Å². The Morgan fingerprint density at radius 1 is 1.28 bits per heavy atom. The summed E-state index contributed by atoms with van der Waals surface area (Å²) in [5, 5.41) is 7.17. The highest BCUT2D eigenvalue weighted by Gasteiger charge is 2.47. The molecule has 8 heteroatoms. The van der Waals surface area contributed by atoms with Crippen molar-refractivity contribution >= 4 is 11.8 Å². The number of amides is 2. The highest BCUT2D eigenvalue weighted by Crippen LogP contribution is 2.39. The first-order chi connectivity index (χ1) is 14.1. The molecule has 0 radical (unpaired) electrons. The van der Waals surface area contributed by atoms with E-state index in [0.29, 0.717) is 13.1 Å². The molecule has 2 atom stereocenters. The maximum Gasteiger partial charge on any atom is 0.251 e. The second-order valence-corrected chi connectivity index (χ2v) is 7.47. The van der Waals surface area contributed by atoms with Gasteiger partial charge in [0.15, 0.2) is 6.10 Å². The van der Waals surface area contributed by atoms with E-state index in [1.54, 1.807) is 13.3 Å². The normalized spacial score (nSPS) is 21.9. The van der Waals surface area contributed by atoms with Crippen molar-refractivity contribution in [1.82, 2.24) is 20.0 Å². The molecule has 2 heterocycles. The van der Waals surface area contributed by atoms with Crippen LogP contribution in [0.1, 0.15) is 30.1 Å². The molecular formula is C21H26N4O4. The van der Waals surface area contributed by atoms with Crippen LogP contribution in [0.3, 0.4) is 0 Å². The Labute approximate surface area is 169 Å². The van der Waals surface area contributed by atoms with E-state index in [0.717, 1.165) is 29.8 Å². The molecule has 1 aliphatic heterocycles. The summed E-state index contributed by atoms with van der Waals surface area (Å²) in [4.78, 5) is 27.4. The lowest BCUT2D eigenvalue weighted by Gasteiger charge is -2.40. The minimum absolute atomic E-state index is 0.0652. The van der Waals surface area contributed by atoms with Gasteiger partial charge in [-0.15, -0.1) is 0 Å². The van der Waals surface area contributed by atoms with Crippen molar-refractivity contribution in [3.05, 3.63) is 47.8 Å². The number of morpholine rings is 1. The van der Waals surface area contributed by atoms with Crippen LogP contribution in [0.15, 0.2) is 36.5 Å². The molecule has 154 valence electrons. The Hall–Kier alpha value is -2.87. The van der Waals surface area contributed by atoms with Crippen LogP contribution in [-0.2, 0) is 20.9 Å². The van der Waals surface area contributed by atoms with Gasteiger partial charge in [0.25, 0.3) is 5.91 Å². The fourth-order valence-electron chi connectivity index (χ4n) is 3.79. The summed E-state index contributed by atoms with van der Waals surface area (Å²) in [5.74, 6) is 0.448. The lowest BCUT2D eigenvalue weighted by molar-refractivity contribution is -0.165. The summed E-state index contributed by atoms with van der Waals surface area (Å²) in [6.45, 7) is 2.92. The van der Waals surface area contributed by atoms with Crippen LogP contribution < -0.4 is 10.1 Å². The van der Waals surface area contributed by atoms with Gasteiger partial charge in [0.05, 0.1) is 19.7 Å².